The van der Waals surface area contributed by atoms with Gasteiger partial charge >= 0.3 is 0 Å². The normalized spacial score (nSPS) is 12.3. The Morgan fingerprint density at radius 3 is 2.41 bits per heavy atom. The van der Waals surface area contributed by atoms with E-state index in [-0.39, 0.29) is 23.7 Å². The van der Waals surface area contributed by atoms with Gasteiger partial charge in [-0.1, -0.05) is 13.8 Å². The third-order valence-corrected chi connectivity index (χ3v) is 2.24. The molecule has 0 saturated heterocycles. The first kappa shape index (κ1) is 13.5. The summed E-state index contributed by atoms with van der Waals surface area (Å²) in [5, 5.41) is 2.78. The standard InChI is InChI=1S/C13H18FNO2/c1-9(2)13(16)15-8-10(3)17-12-6-4-11(14)5-7-12/h4-7,9-10H,8H2,1-3H3,(H,15,16)/t10-/m1/s1. The van der Waals surface area contributed by atoms with Gasteiger partial charge in [-0.25, -0.2) is 4.39 Å². The number of amides is 1. The molecule has 0 heterocycles. The maximum atomic E-state index is 12.7. The lowest BCUT2D eigenvalue weighted by Gasteiger charge is -2.16. The Balaban J connectivity index is 2.37. The van der Waals surface area contributed by atoms with Gasteiger partial charge in [0.2, 0.25) is 5.91 Å². The highest BCUT2D eigenvalue weighted by Gasteiger charge is 2.09. The van der Waals surface area contributed by atoms with E-state index in [9.17, 15) is 9.18 Å². The van der Waals surface area contributed by atoms with Crippen LogP contribution in [-0.2, 0) is 4.79 Å². The zero-order valence-corrected chi connectivity index (χ0v) is 10.4. The molecule has 1 aromatic rings. The molecule has 0 radical (unpaired) electrons. The van der Waals surface area contributed by atoms with Crippen molar-refractivity contribution in [1.82, 2.24) is 5.32 Å². The Morgan fingerprint density at radius 2 is 1.88 bits per heavy atom. The highest BCUT2D eigenvalue weighted by Crippen LogP contribution is 2.12. The van der Waals surface area contributed by atoms with E-state index in [1.54, 1.807) is 12.1 Å². The predicted octanol–water partition coefficient (Wildman–Crippen LogP) is 2.37. The summed E-state index contributed by atoms with van der Waals surface area (Å²) < 4.78 is 18.2. The minimum atomic E-state index is -0.293. The fourth-order valence-electron chi connectivity index (χ4n) is 1.24. The van der Waals surface area contributed by atoms with E-state index < -0.39 is 0 Å². The second-order valence-corrected chi connectivity index (χ2v) is 4.28. The smallest absolute Gasteiger partial charge is 0.222 e. The summed E-state index contributed by atoms with van der Waals surface area (Å²) in [4.78, 5) is 11.3. The lowest BCUT2D eigenvalue weighted by atomic mass is 10.2. The average Bonchev–Trinajstić information content (AvgIpc) is 2.29. The van der Waals surface area contributed by atoms with Crippen LogP contribution in [0.5, 0.6) is 5.75 Å². The first-order valence-corrected chi connectivity index (χ1v) is 5.69. The van der Waals surface area contributed by atoms with Gasteiger partial charge < -0.3 is 10.1 Å². The summed E-state index contributed by atoms with van der Waals surface area (Å²) in [7, 11) is 0. The van der Waals surface area contributed by atoms with Crippen molar-refractivity contribution in [3.05, 3.63) is 30.1 Å². The molecule has 0 aliphatic carbocycles. The second-order valence-electron chi connectivity index (χ2n) is 4.28. The Labute approximate surface area is 101 Å². The number of carbonyl (C=O) groups is 1. The monoisotopic (exact) mass is 239 g/mol. The summed E-state index contributed by atoms with van der Waals surface area (Å²) in [6.07, 6.45) is -0.150. The zero-order chi connectivity index (χ0) is 12.8. The van der Waals surface area contributed by atoms with Crippen molar-refractivity contribution < 1.29 is 13.9 Å². The van der Waals surface area contributed by atoms with Crippen LogP contribution in [0.4, 0.5) is 4.39 Å². The van der Waals surface area contributed by atoms with Gasteiger partial charge in [0.25, 0.3) is 0 Å². The molecule has 3 nitrogen and oxygen atoms in total. The van der Waals surface area contributed by atoms with E-state index in [1.807, 2.05) is 20.8 Å². The Morgan fingerprint density at radius 1 is 1.29 bits per heavy atom. The van der Waals surface area contributed by atoms with E-state index in [0.29, 0.717) is 12.3 Å². The van der Waals surface area contributed by atoms with Crippen LogP contribution in [0.3, 0.4) is 0 Å². The van der Waals surface area contributed by atoms with Crippen LogP contribution >= 0.6 is 0 Å². The Kier molecular flexibility index (Phi) is 4.94. The van der Waals surface area contributed by atoms with Gasteiger partial charge in [0.15, 0.2) is 0 Å². The van der Waals surface area contributed by atoms with Crippen LogP contribution in [0, 0.1) is 11.7 Å². The summed E-state index contributed by atoms with van der Waals surface area (Å²) in [5.74, 6) is 0.267. The van der Waals surface area contributed by atoms with Gasteiger partial charge in [0.1, 0.15) is 17.7 Å². The molecular formula is C13H18FNO2. The number of nitrogens with one attached hydrogen (secondary N) is 1. The number of hydrogen-bond donors (Lipinski definition) is 1. The fourth-order valence-corrected chi connectivity index (χ4v) is 1.24. The van der Waals surface area contributed by atoms with Gasteiger partial charge in [0, 0.05) is 5.92 Å². The van der Waals surface area contributed by atoms with Crippen molar-refractivity contribution in [3.8, 4) is 5.75 Å². The molecule has 0 aliphatic heterocycles. The molecule has 17 heavy (non-hydrogen) atoms. The summed E-state index contributed by atoms with van der Waals surface area (Å²) >= 11 is 0. The molecule has 1 N–H and O–H groups in total. The molecule has 1 rings (SSSR count). The highest BCUT2D eigenvalue weighted by molar-refractivity contribution is 5.77. The van der Waals surface area contributed by atoms with Crippen LogP contribution in [0.25, 0.3) is 0 Å². The molecule has 0 aliphatic rings. The first-order chi connectivity index (χ1) is 7.99. The molecule has 1 atom stereocenters. The highest BCUT2D eigenvalue weighted by atomic mass is 19.1. The molecule has 1 amide bonds. The molecule has 0 unspecified atom stereocenters. The van der Waals surface area contributed by atoms with Crippen molar-refractivity contribution in [2.45, 2.75) is 26.9 Å². The quantitative estimate of drug-likeness (QED) is 0.856. The molecule has 0 bridgehead atoms. The number of benzene rings is 1. The van der Waals surface area contributed by atoms with Gasteiger partial charge in [-0.15, -0.1) is 0 Å². The number of halogens is 1. The van der Waals surface area contributed by atoms with E-state index >= 15 is 0 Å². The summed E-state index contributed by atoms with van der Waals surface area (Å²) in [6, 6.07) is 5.82. The van der Waals surface area contributed by atoms with Crippen LogP contribution in [0.2, 0.25) is 0 Å². The topological polar surface area (TPSA) is 38.3 Å². The van der Waals surface area contributed by atoms with Crippen LogP contribution in [-0.4, -0.2) is 18.6 Å². The first-order valence-electron chi connectivity index (χ1n) is 5.69. The molecule has 0 fully saturated rings. The summed E-state index contributed by atoms with van der Waals surface area (Å²) in [5.41, 5.74) is 0. The van der Waals surface area contributed by atoms with Crippen molar-refractivity contribution >= 4 is 5.91 Å². The third kappa shape index (κ3) is 4.85. The minimum absolute atomic E-state index is 0.000411. The van der Waals surface area contributed by atoms with Crippen molar-refractivity contribution in [1.29, 1.82) is 0 Å². The van der Waals surface area contributed by atoms with E-state index in [1.165, 1.54) is 12.1 Å². The fraction of sp³-hybridized carbons (Fsp3) is 0.462. The van der Waals surface area contributed by atoms with Gasteiger partial charge in [0.05, 0.1) is 6.54 Å². The number of carbonyl (C=O) groups excluding carboxylic acids is 1. The summed E-state index contributed by atoms with van der Waals surface area (Å²) in [6.45, 7) is 5.96. The molecule has 0 aromatic heterocycles. The molecule has 0 saturated carbocycles. The zero-order valence-electron chi connectivity index (χ0n) is 10.4. The maximum absolute atomic E-state index is 12.7. The molecule has 0 spiro atoms. The van der Waals surface area contributed by atoms with Gasteiger partial charge in [-0.3, -0.25) is 4.79 Å². The number of hydrogen-bond acceptors (Lipinski definition) is 2. The van der Waals surface area contributed by atoms with Crippen LogP contribution in [0.1, 0.15) is 20.8 Å². The van der Waals surface area contributed by atoms with Gasteiger partial charge in [-0.2, -0.15) is 0 Å². The predicted molar refractivity (Wildman–Crippen MR) is 64.3 cm³/mol. The molecule has 1 aromatic carbocycles. The Bertz CT molecular complexity index is 362. The lowest BCUT2D eigenvalue weighted by molar-refractivity contribution is -0.124. The molecule has 4 heteroatoms. The van der Waals surface area contributed by atoms with Crippen molar-refractivity contribution in [2.75, 3.05) is 6.54 Å². The largest absolute Gasteiger partial charge is 0.489 e. The number of ether oxygens (including phenoxy) is 1. The van der Waals surface area contributed by atoms with Crippen molar-refractivity contribution in [3.63, 3.8) is 0 Å². The lowest BCUT2D eigenvalue weighted by Crippen LogP contribution is -2.35. The minimum Gasteiger partial charge on any atom is -0.489 e. The SMILES string of the molecule is CC(C)C(=O)NC[C@@H](C)Oc1ccc(F)cc1. The van der Waals surface area contributed by atoms with Gasteiger partial charge in [-0.05, 0) is 31.2 Å². The Hall–Kier alpha value is -1.58. The van der Waals surface area contributed by atoms with E-state index in [0.717, 1.165) is 0 Å². The molecule has 94 valence electrons. The molecular weight excluding hydrogens is 221 g/mol. The number of rotatable bonds is 5. The van der Waals surface area contributed by atoms with E-state index in [4.69, 9.17) is 4.74 Å². The van der Waals surface area contributed by atoms with Crippen LogP contribution in [0.15, 0.2) is 24.3 Å². The van der Waals surface area contributed by atoms with Crippen LogP contribution < -0.4 is 10.1 Å². The maximum Gasteiger partial charge on any atom is 0.222 e. The third-order valence-electron chi connectivity index (χ3n) is 2.24. The van der Waals surface area contributed by atoms with E-state index in [2.05, 4.69) is 5.32 Å². The second kappa shape index (κ2) is 6.23. The average molecular weight is 239 g/mol. The van der Waals surface area contributed by atoms with Crippen molar-refractivity contribution in [2.24, 2.45) is 5.92 Å².